The predicted molar refractivity (Wildman–Crippen MR) is 99.5 cm³/mol. The first-order valence-electron chi connectivity index (χ1n) is 8.51. The maximum atomic E-state index is 10.5. The molecule has 0 fully saturated rings. The van der Waals surface area contributed by atoms with E-state index in [0.29, 0.717) is 18.1 Å². The summed E-state index contributed by atoms with van der Waals surface area (Å²) in [6.07, 6.45) is -1.42. The van der Waals surface area contributed by atoms with Crippen molar-refractivity contribution in [2.24, 2.45) is 0 Å². The maximum absolute atomic E-state index is 10.5. The van der Waals surface area contributed by atoms with Crippen LogP contribution in [0.25, 0.3) is 11.1 Å². The number of aryl methyl sites for hydroxylation is 1. The monoisotopic (exact) mass is 368 g/mol. The quantitative estimate of drug-likeness (QED) is 0.571. The van der Waals surface area contributed by atoms with Gasteiger partial charge in [0.05, 0.1) is 6.61 Å². The average Bonchev–Trinajstić information content (AvgIpc) is 3.00. The Hall–Kier alpha value is -3.41. The molecule has 0 radical (unpaired) electrons. The zero-order chi connectivity index (χ0) is 19.2. The molecular weight excluding hydrogens is 348 g/mol. The summed E-state index contributed by atoms with van der Waals surface area (Å²) in [7, 11) is 0. The van der Waals surface area contributed by atoms with Crippen LogP contribution in [0.3, 0.4) is 0 Å². The lowest BCUT2D eigenvalue weighted by atomic mass is 10.1. The zero-order valence-corrected chi connectivity index (χ0v) is 15.1. The van der Waals surface area contributed by atoms with E-state index in [4.69, 9.17) is 19.0 Å². The van der Waals surface area contributed by atoms with E-state index in [-0.39, 0.29) is 12.6 Å². The van der Waals surface area contributed by atoms with Crippen LogP contribution >= 0.6 is 0 Å². The van der Waals surface area contributed by atoms with Crippen molar-refractivity contribution >= 4 is 6.16 Å². The second-order valence-electron chi connectivity index (χ2n) is 5.79. The fourth-order valence-corrected chi connectivity index (χ4v) is 2.58. The molecule has 6 heteroatoms. The van der Waals surface area contributed by atoms with E-state index >= 15 is 0 Å². The number of hydrogen-bond acceptors (Lipinski definition) is 5. The number of carbonyl (C=O) groups is 1. The van der Waals surface area contributed by atoms with Crippen molar-refractivity contribution in [2.75, 3.05) is 6.61 Å². The van der Waals surface area contributed by atoms with Crippen LogP contribution < -0.4 is 14.2 Å². The van der Waals surface area contributed by atoms with Gasteiger partial charge in [0.15, 0.2) is 0 Å². The van der Waals surface area contributed by atoms with Gasteiger partial charge in [0, 0.05) is 11.6 Å². The Morgan fingerprint density at radius 2 is 1.52 bits per heavy atom. The molecule has 1 aromatic heterocycles. The number of ether oxygens (including phenoxy) is 3. The Labute approximate surface area is 156 Å². The second-order valence-corrected chi connectivity index (χ2v) is 5.79. The van der Waals surface area contributed by atoms with Gasteiger partial charge in [-0.2, -0.15) is 0 Å². The minimum atomic E-state index is -1.42. The molecule has 1 N–H and O–H groups in total. The van der Waals surface area contributed by atoms with E-state index in [1.54, 1.807) is 6.92 Å². The minimum absolute atomic E-state index is 0.0653. The fourth-order valence-electron chi connectivity index (χ4n) is 2.58. The van der Waals surface area contributed by atoms with Gasteiger partial charge in [-0.25, -0.2) is 4.79 Å². The van der Waals surface area contributed by atoms with Crippen molar-refractivity contribution in [1.82, 2.24) is 0 Å². The van der Waals surface area contributed by atoms with E-state index < -0.39 is 6.16 Å². The largest absolute Gasteiger partial charge is 0.513 e. The lowest BCUT2D eigenvalue weighted by Crippen LogP contribution is -2.01. The Bertz CT molecular complexity index is 893. The molecule has 0 saturated heterocycles. The van der Waals surface area contributed by atoms with Crippen molar-refractivity contribution < 1.29 is 28.5 Å². The van der Waals surface area contributed by atoms with Crippen molar-refractivity contribution in [1.29, 1.82) is 0 Å². The van der Waals surface area contributed by atoms with E-state index in [2.05, 4.69) is 4.74 Å². The first-order valence-corrected chi connectivity index (χ1v) is 8.51. The average molecular weight is 368 g/mol. The van der Waals surface area contributed by atoms with Crippen LogP contribution in [0.2, 0.25) is 0 Å². The van der Waals surface area contributed by atoms with Crippen LogP contribution in [-0.4, -0.2) is 17.9 Å². The van der Waals surface area contributed by atoms with Crippen LogP contribution in [0.5, 0.6) is 17.4 Å². The Morgan fingerprint density at radius 3 is 2.04 bits per heavy atom. The third-order valence-corrected chi connectivity index (χ3v) is 3.93. The van der Waals surface area contributed by atoms with E-state index in [1.165, 1.54) is 6.07 Å². The van der Waals surface area contributed by atoms with Crippen molar-refractivity contribution in [2.45, 2.75) is 20.5 Å². The SMILES string of the molecule is CCOc1ccc(-c2ccc(OCc3cc(OC(=O)O)oc3C)cc2)cc1. The molecule has 1 heterocycles. The van der Waals surface area contributed by atoms with Crippen molar-refractivity contribution in [3.8, 4) is 28.6 Å². The van der Waals surface area contributed by atoms with Crippen LogP contribution in [0.1, 0.15) is 18.2 Å². The summed E-state index contributed by atoms with van der Waals surface area (Å²) in [5.41, 5.74) is 2.88. The molecular formula is C21H20O6. The Morgan fingerprint density at radius 1 is 0.963 bits per heavy atom. The van der Waals surface area contributed by atoms with Gasteiger partial charge in [-0.1, -0.05) is 24.3 Å². The molecule has 0 aliphatic rings. The normalized spacial score (nSPS) is 10.4. The third kappa shape index (κ3) is 4.82. The summed E-state index contributed by atoms with van der Waals surface area (Å²) >= 11 is 0. The van der Waals surface area contributed by atoms with Gasteiger partial charge >= 0.3 is 6.16 Å². The van der Waals surface area contributed by atoms with Crippen molar-refractivity contribution in [3.05, 3.63) is 65.9 Å². The number of rotatable bonds is 7. The van der Waals surface area contributed by atoms with E-state index in [0.717, 1.165) is 22.4 Å². The number of benzene rings is 2. The van der Waals surface area contributed by atoms with Crippen LogP contribution in [0, 0.1) is 6.92 Å². The molecule has 0 bridgehead atoms. The highest BCUT2D eigenvalue weighted by molar-refractivity contribution is 5.65. The van der Waals surface area contributed by atoms with E-state index in [9.17, 15) is 4.79 Å². The Balaban J connectivity index is 1.62. The number of carboxylic acid groups (broad SMARTS) is 1. The van der Waals surface area contributed by atoms with Gasteiger partial charge in [0.1, 0.15) is 23.9 Å². The summed E-state index contributed by atoms with van der Waals surface area (Å²) in [6.45, 7) is 4.58. The third-order valence-electron chi connectivity index (χ3n) is 3.93. The van der Waals surface area contributed by atoms with Gasteiger partial charge in [-0.05, 0) is 49.2 Å². The Kier molecular flexibility index (Phi) is 5.66. The van der Waals surface area contributed by atoms with E-state index in [1.807, 2.05) is 55.5 Å². The maximum Gasteiger partial charge on any atom is 0.513 e. The molecule has 0 aliphatic heterocycles. The minimum Gasteiger partial charge on any atom is -0.494 e. The highest BCUT2D eigenvalue weighted by atomic mass is 16.7. The van der Waals surface area contributed by atoms with Gasteiger partial charge in [-0.15, -0.1) is 0 Å². The number of hydrogen-bond donors (Lipinski definition) is 1. The first kappa shape index (κ1) is 18.4. The first-order chi connectivity index (χ1) is 13.0. The molecule has 0 spiro atoms. The second kappa shape index (κ2) is 8.31. The zero-order valence-electron chi connectivity index (χ0n) is 15.1. The van der Waals surface area contributed by atoms with Crippen molar-refractivity contribution in [3.63, 3.8) is 0 Å². The molecule has 0 atom stereocenters. The molecule has 3 aromatic rings. The summed E-state index contributed by atoms with van der Waals surface area (Å²) in [6, 6.07) is 17.2. The highest BCUT2D eigenvalue weighted by Crippen LogP contribution is 2.26. The summed E-state index contributed by atoms with van der Waals surface area (Å²) in [5.74, 6) is 2.04. The topological polar surface area (TPSA) is 78.1 Å². The molecule has 3 rings (SSSR count). The van der Waals surface area contributed by atoms with Crippen LogP contribution in [0.15, 0.2) is 59.0 Å². The van der Waals surface area contributed by atoms with Gasteiger partial charge < -0.3 is 23.7 Å². The van der Waals surface area contributed by atoms with Crippen LogP contribution in [-0.2, 0) is 6.61 Å². The summed E-state index contributed by atoms with van der Waals surface area (Å²) in [5, 5.41) is 8.62. The molecule has 27 heavy (non-hydrogen) atoms. The molecule has 0 saturated carbocycles. The van der Waals surface area contributed by atoms with Gasteiger partial charge in [0.25, 0.3) is 5.95 Å². The highest BCUT2D eigenvalue weighted by Gasteiger charge is 2.12. The molecule has 0 amide bonds. The lowest BCUT2D eigenvalue weighted by molar-refractivity contribution is 0.132. The molecule has 6 nitrogen and oxygen atoms in total. The number of furan rings is 1. The standard InChI is InChI=1S/C21H20O6/c1-3-24-18-8-4-15(5-9-18)16-6-10-19(11-7-16)25-13-17-12-20(26-14(17)2)27-21(22)23/h4-12H,3,13H2,1-2H3,(H,22,23). The predicted octanol–water partition coefficient (Wildman–Crippen LogP) is 5.29. The summed E-state index contributed by atoms with van der Waals surface area (Å²) in [4.78, 5) is 10.5. The van der Waals surface area contributed by atoms with Crippen LogP contribution in [0.4, 0.5) is 4.79 Å². The van der Waals surface area contributed by atoms with Gasteiger partial charge in [-0.3, -0.25) is 0 Å². The van der Waals surface area contributed by atoms with Gasteiger partial charge in [0.2, 0.25) is 0 Å². The summed E-state index contributed by atoms with van der Waals surface area (Å²) < 4.78 is 20.9. The molecule has 2 aromatic carbocycles. The smallest absolute Gasteiger partial charge is 0.494 e. The lowest BCUT2D eigenvalue weighted by Gasteiger charge is -2.08. The molecule has 0 aliphatic carbocycles. The molecule has 0 unspecified atom stereocenters. The fraction of sp³-hybridized carbons (Fsp3) is 0.190. The molecule has 140 valence electrons.